The minimum atomic E-state index is -3.93. The molecule has 2 aromatic heterocycles. The molecule has 0 radical (unpaired) electrons. The zero-order chi connectivity index (χ0) is 21.6. The first kappa shape index (κ1) is 21.5. The smallest absolute Gasteiger partial charge is 0.243 e. The Kier molecular flexibility index (Phi) is 6.86. The van der Waals surface area contributed by atoms with Gasteiger partial charge in [0.1, 0.15) is 5.82 Å². The van der Waals surface area contributed by atoms with Crippen LogP contribution in [0.4, 0.5) is 4.39 Å². The quantitative estimate of drug-likeness (QED) is 0.550. The van der Waals surface area contributed by atoms with Crippen molar-refractivity contribution in [2.45, 2.75) is 18.0 Å². The molecule has 1 amide bonds. The summed E-state index contributed by atoms with van der Waals surface area (Å²) in [6, 6.07) is 11.7. The zero-order valence-corrected chi connectivity index (χ0v) is 17.2. The third-order valence-electron chi connectivity index (χ3n) is 4.45. The Morgan fingerprint density at radius 1 is 0.933 bits per heavy atom. The van der Waals surface area contributed by atoms with Gasteiger partial charge in [-0.1, -0.05) is 6.07 Å². The second-order valence-corrected chi connectivity index (χ2v) is 8.73. The molecule has 7 nitrogen and oxygen atoms in total. The number of carbonyl (C=O) groups excluding carboxylic acids is 1. The third-order valence-corrected chi connectivity index (χ3v) is 6.27. The fourth-order valence-corrected chi connectivity index (χ4v) is 3.94. The van der Waals surface area contributed by atoms with Gasteiger partial charge >= 0.3 is 0 Å². The topological polar surface area (TPSA) is 83.5 Å². The number of aromatic nitrogens is 2. The van der Waals surface area contributed by atoms with Crippen molar-refractivity contribution >= 4 is 15.9 Å². The van der Waals surface area contributed by atoms with Crippen molar-refractivity contribution in [2.75, 3.05) is 13.6 Å². The van der Waals surface area contributed by atoms with Gasteiger partial charge in [-0.2, -0.15) is 4.31 Å². The summed E-state index contributed by atoms with van der Waals surface area (Å²) in [7, 11) is -2.61. The van der Waals surface area contributed by atoms with Gasteiger partial charge in [-0.3, -0.25) is 14.8 Å². The van der Waals surface area contributed by atoms with Crippen LogP contribution in [-0.4, -0.2) is 47.1 Å². The van der Waals surface area contributed by atoms with E-state index in [2.05, 4.69) is 9.97 Å². The fraction of sp³-hybridized carbons (Fsp3) is 0.190. The van der Waals surface area contributed by atoms with Crippen LogP contribution in [-0.2, 0) is 27.9 Å². The van der Waals surface area contributed by atoms with Crippen LogP contribution in [0.2, 0.25) is 0 Å². The maximum absolute atomic E-state index is 13.1. The highest BCUT2D eigenvalue weighted by molar-refractivity contribution is 7.89. The Morgan fingerprint density at radius 3 is 2.23 bits per heavy atom. The summed E-state index contributed by atoms with van der Waals surface area (Å²) in [6.07, 6.45) is 6.56. The van der Waals surface area contributed by atoms with Crippen molar-refractivity contribution < 1.29 is 17.6 Å². The summed E-state index contributed by atoms with van der Waals surface area (Å²) >= 11 is 0. The minimum absolute atomic E-state index is 0.0767. The number of halogens is 1. The van der Waals surface area contributed by atoms with Gasteiger partial charge in [0.05, 0.1) is 11.4 Å². The predicted octanol–water partition coefficient (Wildman–Crippen LogP) is 2.47. The molecule has 0 aliphatic carbocycles. The molecule has 0 N–H and O–H groups in total. The molecule has 30 heavy (non-hydrogen) atoms. The number of hydrogen-bond donors (Lipinski definition) is 0. The Bertz CT molecular complexity index is 1040. The third kappa shape index (κ3) is 5.46. The molecule has 156 valence electrons. The molecule has 0 unspecified atom stereocenters. The van der Waals surface area contributed by atoms with Gasteiger partial charge in [0.15, 0.2) is 0 Å². The molecular formula is C21H21FN4O3S. The Labute approximate surface area is 174 Å². The summed E-state index contributed by atoms with van der Waals surface area (Å²) < 4.78 is 39.6. The van der Waals surface area contributed by atoms with Crippen molar-refractivity contribution in [1.82, 2.24) is 19.2 Å². The van der Waals surface area contributed by atoms with Gasteiger partial charge in [0.25, 0.3) is 0 Å². The number of nitrogens with zero attached hydrogens (tertiary/aromatic N) is 4. The maximum atomic E-state index is 13.1. The van der Waals surface area contributed by atoms with Crippen LogP contribution in [0.1, 0.15) is 11.1 Å². The van der Waals surface area contributed by atoms with E-state index >= 15 is 0 Å². The Morgan fingerprint density at radius 2 is 1.60 bits per heavy atom. The lowest BCUT2D eigenvalue weighted by atomic mass is 10.2. The number of amides is 1. The van der Waals surface area contributed by atoms with Crippen molar-refractivity contribution in [2.24, 2.45) is 0 Å². The van der Waals surface area contributed by atoms with E-state index in [-0.39, 0.29) is 23.9 Å². The number of sulfonamides is 1. The zero-order valence-electron chi connectivity index (χ0n) is 16.3. The largest absolute Gasteiger partial charge is 0.333 e. The van der Waals surface area contributed by atoms with Gasteiger partial charge in [0, 0.05) is 44.9 Å². The van der Waals surface area contributed by atoms with Gasteiger partial charge < -0.3 is 4.90 Å². The number of hydrogen-bond acceptors (Lipinski definition) is 5. The molecule has 0 aliphatic heterocycles. The van der Waals surface area contributed by atoms with Crippen molar-refractivity contribution in [3.63, 3.8) is 0 Å². The normalized spacial score (nSPS) is 11.4. The van der Waals surface area contributed by atoms with Gasteiger partial charge in [-0.25, -0.2) is 12.8 Å². The highest BCUT2D eigenvalue weighted by Crippen LogP contribution is 2.16. The molecule has 3 aromatic rings. The average molecular weight is 428 g/mol. The lowest BCUT2D eigenvalue weighted by Crippen LogP contribution is -2.40. The molecule has 2 heterocycles. The molecule has 9 heteroatoms. The van der Waals surface area contributed by atoms with Crippen molar-refractivity contribution in [1.29, 1.82) is 0 Å². The van der Waals surface area contributed by atoms with Crippen molar-refractivity contribution in [3.8, 4) is 0 Å². The predicted molar refractivity (Wildman–Crippen MR) is 109 cm³/mol. The van der Waals surface area contributed by atoms with E-state index in [1.165, 1.54) is 19.2 Å². The molecule has 0 atom stereocenters. The SMILES string of the molecule is CN(CC(=O)N(Cc1ccncc1)Cc1cccnc1)S(=O)(=O)c1ccc(F)cc1. The molecule has 0 fully saturated rings. The van der Waals surface area contributed by atoms with Crippen LogP contribution >= 0.6 is 0 Å². The Balaban J connectivity index is 1.78. The monoisotopic (exact) mass is 428 g/mol. The lowest BCUT2D eigenvalue weighted by Gasteiger charge is -2.25. The lowest BCUT2D eigenvalue weighted by molar-refractivity contribution is -0.132. The maximum Gasteiger partial charge on any atom is 0.243 e. The molecular weight excluding hydrogens is 407 g/mol. The first-order chi connectivity index (χ1) is 14.4. The summed E-state index contributed by atoms with van der Waals surface area (Å²) in [4.78, 5) is 22.5. The van der Waals surface area contributed by atoms with Gasteiger partial charge in [0.2, 0.25) is 15.9 Å². The van der Waals surface area contributed by atoms with Crippen LogP contribution in [0.5, 0.6) is 0 Å². The van der Waals surface area contributed by atoms with E-state index in [1.54, 1.807) is 47.9 Å². The summed E-state index contributed by atoms with van der Waals surface area (Å²) in [5.41, 5.74) is 1.69. The molecule has 0 spiro atoms. The second kappa shape index (κ2) is 9.55. The van der Waals surface area contributed by atoms with E-state index in [0.717, 1.165) is 27.6 Å². The first-order valence-electron chi connectivity index (χ1n) is 9.14. The van der Waals surface area contributed by atoms with Crippen molar-refractivity contribution in [3.05, 3.63) is 90.3 Å². The van der Waals surface area contributed by atoms with Crippen LogP contribution in [0.3, 0.4) is 0 Å². The number of pyridine rings is 2. The van der Waals surface area contributed by atoms with Crippen LogP contribution < -0.4 is 0 Å². The van der Waals surface area contributed by atoms with Crippen LogP contribution in [0.25, 0.3) is 0 Å². The number of likely N-dealkylation sites (N-methyl/N-ethyl adjacent to an activating group) is 1. The van der Waals surface area contributed by atoms with E-state index in [9.17, 15) is 17.6 Å². The Hall–Kier alpha value is -3.17. The average Bonchev–Trinajstić information content (AvgIpc) is 2.75. The molecule has 3 rings (SSSR count). The highest BCUT2D eigenvalue weighted by atomic mass is 32.2. The molecule has 0 saturated carbocycles. The fourth-order valence-electron chi connectivity index (χ4n) is 2.81. The number of benzene rings is 1. The van der Waals surface area contributed by atoms with E-state index in [4.69, 9.17) is 0 Å². The van der Waals surface area contributed by atoms with Gasteiger partial charge in [-0.05, 0) is 53.6 Å². The molecule has 0 bridgehead atoms. The second-order valence-electron chi connectivity index (χ2n) is 6.68. The minimum Gasteiger partial charge on any atom is -0.333 e. The summed E-state index contributed by atoms with van der Waals surface area (Å²) in [5, 5.41) is 0. The first-order valence-corrected chi connectivity index (χ1v) is 10.6. The van der Waals surface area contributed by atoms with E-state index in [1.807, 2.05) is 6.07 Å². The standard InChI is InChI=1S/C21H21FN4O3S/c1-25(30(28,29)20-6-4-19(22)5-7-20)16-21(27)26(14-17-8-11-23-12-9-17)15-18-3-2-10-24-13-18/h2-13H,14-16H2,1H3. The van der Waals surface area contributed by atoms with E-state index in [0.29, 0.717) is 6.54 Å². The number of carbonyl (C=O) groups is 1. The summed E-state index contributed by atoms with van der Waals surface area (Å²) in [6.45, 7) is 0.213. The molecule has 0 saturated heterocycles. The van der Waals surface area contributed by atoms with Crippen LogP contribution in [0.15, 0.2) is 78.2 Å². The van der Waals surface area contributed by atoms with E-state index < -0.39 is 15.8 Å². The van der Waals surface area contributed by atoms with Crippen LogP contribution in [0, 0.1) is 5.82 Å². The highest BCUT2D eigenvalue weighted by Gasteiger charge is 2.25. The number of rotatable bonds is 8. The molecule has 0 aliphatic rings. The molecule has 1 aromatic carbocycles. The van der Waals surface area contributed by atoms with Gasteiger partial charge in [-0.15, -0.1) is 0 Å². The summed E-state index contributed by atoms with van der Waals surface area (Å²) in [5.74, 6) is -0.906.